The highest BCUT2D eigenvalue weighted by atomic mass is 35.5. The van der Waals surface area contributed by atoms with Crippen LogP contribution in [0.4, 0.5) is 0 Å². The molecule has 0 radical (unpaired) electrons. The van der Waals surface area contributed by atoms with E-state index in [1.807, 2.05) is 33.2 Å². The number of benzene rings is 1. The molecular weight excluding hydrogens is 245 g/mol. The van der Waals surface area contributed by atoms with Gasteiger partial charge in [0.15, 0.2) is 0 Å². The summed E-state index contributed by atoms with van der Waals surface area (Å²) in [6.45, 7) is 2.12. The SMILES string of the molecule is CC(CO)C(c1ccc(Cl)cc1Cl)N(C)C. The van der Waals surface area contributed by atoms with Crippen LogP contribution in [0.3, 0.4) is 0 Å². The van der Waals surface area contributed by atoms with Gasteiger partial charge in [-0.3, -0.25) is 0 Å². The zero-order valence-corrected chi connectivity index (χ0v) is 11.3. The Balaban J connectivity index is 3.11. The number of nitrogens with zero attached hydrogens (tertiary/aromatic N) is 1. The van der Waals surface area contributed by atoms with Gasteiger partial charge in [0.05, 0.1) is 0 Å². The molecule has 0 aliphatic rings. The molecule has 0 saturated carbocycles. The summed E-state index contributed by atoms with van der Waals surface area (Å²) in [4.78, 5) is 2.05. The summed E-state index contributed by atoms with van der Waals surface area (Å²) in [5.41, 5.74) is 0.998. The van der Waals surface area contributed by atoms with E-state index in [9.17, 15) is 5.11 Å². The lowest BCUT2D eigenvalue weighted by atomic mass is 9.94. The summed E-state index contributed by atoms with van der Waals surface area (Å²) in [5.74, 6) is 0.119. The van der Waals surface area contributed by atoms with Crippen LogP contribution in [0.5, 0.6) is 0 Å². The first-order valence-electron chi connectivity index (χ1n) is 5.19. The minimum atomic E-state index is 0.0924. The van der Waals surface area contributed by atoms with Crippen molar-refractivity contribution in [1.29, 1.82) is 0 Å². The molecule has 2 atom stereocenters. The van der Waals surface area contributed by atoms with E-state index in [-0.39, 0.29) is 18.6 Å². The summed E-state index contributed by atoms with van der Waals surface area (Å²) in [6, 6.07) is 5.57. The van der Waals surface area contributed by atoms with Gasteiger partial charge in [0.2, 0.25) is 0 Å². The first kappa shape index (κ1) is 13.8. The molecule has 0 heterocycles. The van der Waals surface area contributed by atoms with Crippen molar-refractivity contribution in [3.63, 3.8) is 0 Å². The van der Waals surface area contributed by atoms with Crippen LogP contribution in [-0.2, 0) is 0 Å². The summed E-state index contributed by atoms with van der Waals surface area (Å²) in [6.07, 6.45) is 0. The van der Waals surface area contributed by atoms with Gasteiger partial charge < -0.3 is 10.0 Å². The first-order valence-corrected chi connectivity index (χ1v) is 5.95. The number of halogens is 2. The predicted octanol–water partition coefficient (Wildman–Crippen LogP) is 3.22. The molecule has 1 aromatic carbocycles. The van der Waals surface area contributed by atoms with Crippen LogP contribution in [0.25, 0.3) is 0 Å². The average Bonchev–Trinajstić information content (AvgIpc) is 2.21. The van der Waals surface area contributed by atoms with E-state index >= 15 is 0 Å². The summed E-state index contributed by atoms with van der Waals surface area (Å²) < 4.78 is 0. The lowest BCUT2D eigenvalue weighted by Gasteiger charge is -2.30. The van der Waals surface area contributed by atoms with E-state index in [0.29, 0.717) is 10.0 Å². The molecule has 2 nitrogen and oxygen atoms in total. The van der Waals surface area contributed by atoms with Gasteiger partial charge >= 0.3 is 0 Å². The fourth-order valence-electron chi connectivity index (χ4n) is 1.93. The molecule has 2 unspecified atom stereocenters. The lowest BCUT2D eigenvalue weighted by Crippen LogP contribution is -2.28. The average molecular weight is 262 g/mol. The highest BCUT2D eigenvalue weighted by Gasteiger charge is 2.23. The van der Waals surface area contributed by atoms with Crippen LogP contribution < -0.4 is 0 Å². The fraction of sp³-hybridized carbons (Fsp3) is 0.500. The predicted molar refractivity (Wildman–Crippen MR) is 69.1 cm³/mol. The molecule has 1 rings (SSSR count). The molecule has 0 amide bonds. The number of aliphatic hydroxyl groups is 1. The van der Waals surface area contributed by atoms with Crippen molar-refractivity contribution in [2.45, 2.75) is 13.0 Å². The van der Waals surface area contributed by atoms with Crippen molar-refractivity contribution in [3.05, 3.63) is 33.8 Å². The summed E-state index contributed by atoms with van der Waals surface area (Å²) in [7, 11) is 3.95. The number of rotatable bonds is 4. The molecule has 1 aromatic rings. The van der Waals surface area contributed by atoms with Crippen molar-refractivity contribution < 1.29 is 5.11 Å². The third kappa shape index (κ3) is 3.11. The molecule has 0 aromatic heterocycles. The minimum absolute atomic E-state index is 0.0924. The van der Waals surface area contributed by atoms with Crippen molar-refractivity contribution in [2.75, 3.05) is 20.7 Å². The van der Waals surface area contributed by atoms with Gasteiger partial charge in [0.25, 0.3) is 0 Å². The van der Waals surface area contributed by atoms with Crippen LogP contribution in [0.2, 0.25) is 10.0 Å². The zero-order chi connectivity index (χ0) is 12.3. The van der Waals surface area contributed by atoms with Crippen molar-refractivity contribution in [2.24, 2.45) is 5.92 Å². The Hall–Kier alpha value is -0.280. The van der Waals surface area contributed by atoms with Crippen molar-refractivity contribution in [1.82, 2.24) is 4.90 Å². The molecule has 0 bridgehead atoms. The van der Waals surface area contributed by atoms with E-state index in [1.165, 1.54) is 0 Å². The van der Waals surface area contributed by atoms with Crippen molar-refractivity contribution in [3.8, 4) is 0 Å². The molecule has 4 heteroatoms. The quantitative estimate of drug-likeness (QED) is 0.900. The Morgan fingerprint density at radius 3 is 2.38 bits per heavy atom. The fourth-order valence-corrected chi connectivity index (χ4v) is 2.46. The smallest absolute Gasteiger partial charge is 0.0474 e. The molecule has 0 aliphatic heterocycles. The lowest BCUT2D eigenvalue weighted by molar-refractivity contribution is 0.146. The molecule has 16 heavy (non-hydrogen) atoms. The standard InChI is InChI=1S/C12H17Cl2NO/c1-8(7-16)12(15(2)3)10-5-4-9(13)6-11(10)14/h4-6,8,12,16H,7H2,1-3H3. The number of aliphatic hydroxyl groups excluding tert-OH is 1. The van der Waals surface area contributed by atoms with Crippen LogP contribution in [0.1, 0.15) is 18.5 Å². The highest BCUT2D eigenvalue weighted by Crippen LogP contribution is 2.33. The van der Waals surface area contributed by atoms with Gasteiger partial charge in [0, 0.05) is 22.7 Å². The van der Waals surface area contributed by atoms with Crippen molar-refractivity contribution >= 4 is 23.2 Å². The molecule has 0 saturated heterocycles. The van der Waals surface area contributed by atoms with E-state index in [4.69, 9.17) is 23.2 Å². The van der Waals surface area contributed by atoms with Crippen LogP contribution in [0.15, 0.2) is 18.2 Å². The normalized spacial score (nSPS) is 15.2. The Morgan fingerprint density at radius 2 is 1.94 bits per heavy atom. The largest absolute Gasteiger partial charge is 0.396 e. The third-order valence-electron chi connectivity index (χ3n) is 2.66. The molecule has 1 N–H and O–H groups in total. The van der Waals surface area contributed by atoms with E-state index in [1.54, 1.807) is 6.07 Å². The Kier molecular flexibility index (Phi) is 5.06. The highest BCUT2D eigenvalue weighted by molar-refractivity contribution is 6.35. The Labute approximate surface area is 107 Å². The maximum absolute atomic E-state index is 9.27. The zero-order valence-electron chi connectivity index (χ0n) is 9.74. The van der Waals surface area contributed by atoms with Gasteiger partial charge in [-0.15, -0.1) is 0 Å². The van der Waals surface area contributed by atoms with Gasteiger partial charge in [0.1, 0.15) is 0 Å². The maximum Gasteiger partial charge on any atom is 0.0474 e. The second-order valence-electron chi connectivity index (χ2n) is 4.23. The minimum Gasteiger partial charge on any atom is -0.396 e. The first-order chi connectivity index (χ1) is 7.47. The molecule has 0 fully saturated rings. The van der Waals surface area contributed by atoms with Crippen LogP contribution in [0, 0.1) is 5.92 Å². The van der Waals surface area contributed by atoms with E-state index < -0.39 is 0 Å². The Morgan fingerprint density at radius 1 is 1.31 bits per heavy atom. The van der Waals surface area contributed by atoms with Crippen LogP contribution in [-0.4, -0.2) is 30.7 Å². The van der Waals surface area contributed by atoms with Crippen LogP contribution >= 0.6 is 23.2 Å². The summed E-state index contributed by atoms with van der Waals surface area (Å²) in [5, 5.41) is 10.5. The number of hydrogen-bond donors (Lipinski definition) is 1. The number of hydrogen-bond acceptors (Lipinski definition) is 2. The van der Waals surface area contributed by atoms with Gasteiger partial charge in [-0.2, -0.15) is 0 Å². The Bertz CT molecular complexity index is 355. The summed E-state index contributed by atoms with van der Waals surface area (Å²) >= 11 is 12.0. The van der Waals surface area contributed by atoms with E-state index in [0.717, 1.165) is 5.56 Å². The molecule has 0 aliphatic carbocycles. The third-order valence-corrected chi connectivity index (χ3v) is 3.23. The maximum atomic E-state index is 9.27. The topological polar surface area (TPSA) is 23.5 Å². The van der Waals surface area contributed by atoms with Gasteiger partial charge in [-0.1, -0.05) is 36.2 Å². The molecule has 0 spiro atoms. The van der Waals surface area contributed by atoms with E-state index in [2.05, 4.69) is 4.90 Å². The second kappa shape index (κ2) is 5.87. The van der Waals surface area contributed by atoms with Gasteiger partial charge in [-0.05, 0) is 37.7 Å². The monoisotopic (exact) mass is 261 g/mol. The molecular formula is C12H17Cl2NO. The molecule has 90 valence electrons. The van der Waals surface area contributed by atoms with Gasteiger partial charge in [-0.25, -0.2) is 0 Å². The second-order valence-corrected chi connectivity index (χ2v) is 5.08.